The van der Waals surface area contributed by atoms with Crippen molar-refractivity contribution in [2.75, 3.05) is 39.8 Å². The van der Waals surface area contributed by atoms with Gasteiger partial charge in [-0.1, -0.05) is 0 Å². The molecule has 0 radical (unpaired) electrons. The maximum absolute atomic E-state index is 11.7. The number of carbonyl (C=O) groups excluding carboxylic acids is 1. The predicted octanol–water partition coefficient (Wildman–Crippen LogP) is 0.444. The highest BCUT2D eigenvalue weighted by Crippen LogP contribution is 2.19. The Morgan fingerprint density at radius 3 is 2.94 bits per heavy atom. The van der Waals surface area contributed by atoms with E-state index in [1.165, 1.54) is 25.9 Å². The molecule has 0 aromatic rings. The van der Waals surface area contributed by atoms with Crippen molar-refractivity contribution in [1.29, 1.82) is 0 Å². The Hall–Kier alpha value is -0.610. The minimum absolute atomic E-state index is 0.242. The second-order valence-electron chi connectivity index (χ2n) is 5.62. The van der Waals surface area contributed by atoms with E-state index < -0.39 is 0 Å². The maximum Gasteiger partial charge on any atom is 0.220 e. The summed E-state index contributed by atoms with van der Waals surface area (Å²) in [6.07, 6.45) is 4.22. The van der Waals surface area contributed by atoms with Gasteiger partial charge in [0.2, 0.25) is 5.91 Å². The van der Waals surface area contributed by atoms with Crippen molar-refractivity contribution in [2.24, 2.45) is 11.8 Å². The van der Waals surface area contributed by atoms with Crippen LogP contribution in [-0.4, -0.2) is 50.6 Å². The molecule has 1 amide bonds. The molecule has 4 heteroatoms. The minimum atomic E-state index is 0.242. The molecule has 0 spiro atoms. The summed E-state index contributed by atoms with van der Waals surface area (Å²) in [5.41, 5.74) is 0. The zero-order valence-electron chi connectivity index (χ0n) is 10.9. The number of nitrogens with one attached hydrogen (secondary N) is 2. The van der Waals surface area contributed by atoms with Crippen LogP contribution in [0.3, 0.4) is 0 Å². The Bertz CT molecular complexity index is 251. The molecule has 0 aromatic carbocycles. The van der Waals surface area contributed by atoms with E-state index in [1.807, 2.05) is 0 Å². The molecule has 0 aliphatic carbocycles. The second kappa shape index (κ2) is 6.36. The van der Waals surface area contributed by atoms with Gasteiger partial charge in [-0.05, 0) is 57.8 Å². The highest BCUT2D eigenvalue weighted by molar-refractivity contribution is 5.75. The van der Waals surface area contributed by atoms with Crippen LogP contribution in [0.4, 0.5) is 0 Å². The van der Waals surface area contributed by atoms with Gasteiger partial charge in [-0.3, -0.25) is 4.79 Å². The van der Waals surface area contributed by atoms with Gasteiger partial charge < -0.3 is 15.5 Å². The van der Waals surface area contributed by atoms with Crippen molar-refractivity contribution < 1.29 is 4.79 Å². The molecule has 2 aliphatic heterocycles. The predicted molar refractivity (Wildman–Crippen MR) is 68.8 cm³/mol. The second-order valence-corrected chi connectivity index (χ2v) is 5.62. The first kappa shape index (κ1) is 12.8. The van der Waals surface area contributed by atoms with Crippen molar-refractivity contribution in [1.82, 2.24) is 15.5 Å². The molecule has 2 saturated heterocycles. The van der Waals surface area contributed by atoms with Crippen molar-refractivity contribution in [3.8, 4) is 0 Å². The summed E-state index contributed by atoms with van der Waals surface area (Å²) in [6.45, 7) is 5.39. The number of nitrogens with zero attached hydrogens (tertiary/aromatic N) is 1. The molecule has 0 bridgehead atoms. The quantitative estimate of drug-likeness (QED) is 0.732. The smallest absolute Gasteiger partial charge is 0.220 e. The van der Waals surface area contributed by atoms with E-state index in [4.69, 9.17) is 0 Å². The van der Waals surface area contributed by atoms with Crippen LogP contribution in [0.1, 0.15) is 25.7 Å². The standard InChI is InChI=1S/C13H25N3O/c1-16-7-5-11(10-16)2-3-13(17)15-9-12-4-6-14-8-12/h11-12,14H,2-10H2,1H3,(H,15,17). The highest BCUT2D eigenvalue weighted by Gasteiger charge is 2.20. The summed E-state index contributed by atoms with van der Waals surface area (Å²) in [7, 11) is 2.16. The molecule has 98 valence electrons. The van der Waals surface area contributed by atoms with Crippen LogP contribution >= 0.6 is 0 Å². The first-order chi connectivity index (χ1) is 8.24. The van der Waals surface area contributed by atoms with Gasteiger partial charge in [0.05, 0.1) is 0 Å². The lowest BCUT2D eigenvalue weighted by molar-refractivity contribution is -0.121. The van der Waals surface area contributed by atoms with Crippen molar-refractivity contribution in [2.45, 2.75) is 25.7 Å². The number of carbonyl (C=O) groups is 1. The lowest BCUT2D eigenvalue weighted by Crippen LogP contribution is -2.30. The molecular formula is C13H25N3O. The number of rotatable bonds is 5. The Morgan fingerprint density at radius 2 is 2.29 bits per heavy atom. The van der Waals surface area contributed by atoms with Crippen molar-refractivity contribution in [3.63, 3.8) is 0 Å². The van der Waals surface area contributed by atoms with E-state index in [2.05, 4.69) is 22.6 Å². The van der Waals surface area contributed by atoms with E-state index in [0.717, 1.165) is 32.0 Å². The normalized spacial score (nSPS) is 29.7. The van der Waals surface area contributed by atoms with Gasteiger partial charge in [0.25, 0.3) is 0 Å². The average Bonchev–Trinajstić information content (AvgIpc) is 2.95. The third kappa shape index (κ3) is 4.28. The molecule has 0 saturated carbocycles. The molecule has 17 heavy (non-hydrogen) atoms. The molecule has 2 atom stereocenters. The van der Waals surface area contributed by atoms with Gasteiger partial charge in [-0.2, -0.15) is 0 Å². The zero-order chi connectivity index (χ0) is 12.1. The molecule has 2 fully saturated rings. The Kier molecular flexibility index (Phi) is 4.80. The number of hydrogen-bond donors (Lipinski definition) is 2. The lowest BCUT2D eigenvalue weighted by atomic mass is 10.0. The fourth-order valence-corrected chi connectivity index (χ4v) is 2.83. The van der Waals surface area contributed by atoms with Gasteiger partial charge >= 0.3 is 0 Å². The summed E-state index contributed by atoms with van der Waals surface area (Å²) < 4.78 is 0. The topological polar surface area (TPSA) is 44.4 Å². The molecule has 2 N–H and O–H groups in total. The van der Waals surface area contributed by atoms with Crippen molar-refractivity contribution in [3.05, 3.63) is 0 Å². The summed E-state index contributed by atoms with van der Waals surface area (Å²) in [6, 6.07) is 0. The van der Waals surface area contributed by atoms with Crippen molar-refractivity contribution >= 4 is 5.91 Å². The van der Waals surface area contributed by atoms with Gasteiger partial charge in [0, 0.05) is 19.5 Å². The van der Waals surface area contributed by atoms with E-state index >= 15 is 0 Å². The fraction of sp³-hybridized carbons (Fsp3) is 0.923. The molecule has 2 aliphatic rings. The first-order valence-corrected chi connectivity index (χ1v) is 6.90. The molecule has 0 aromatic heterocycles. The van der Waals surface area contributed by atoms with E-state index in [0.29, 0.717) is 12.3 Å². The molecule has 2 heterocycles. The third-order valence-corrected chi connectivity index (χ3v) is 4.02. The minimum Gasteiger partial charge on any atom is -0.356 e. The van der Waals surface area contributed by atoms with Gasteiger partial charge in [-0.15, -0.1) is 0 Å². The number of hydrogen-bond acceptors (Lipinski definition) is 3. The molecule has 2 rings (SSSR count). The van der Waals surface area contributed by atoms with Crippen LogP contribution in [0.25, 0.3) is 0 Å². The fourth-order valence-electron chi connectivity index (χ4n) is 2.83. The van der Waals surface area contributed by atoms with Crippen LogP contribution in [-0.2, 0) is 4.79 Å². The summed E-state index contributed by atoms with van der Waals surface area (Å²) in [4.78, 5) is 14.0. The van der Waals surface area contributed by atoms with Crippen LogP contribution in [0.5, 0.6) is 0 Å². The molecule has 4 nitrogen and oxygen atoms in total. The average molecular weight is 239 g/mol. The summed E-state index contributed by atoms with van der Waals surface area (Å²) in [5.74, 6) is 1.63. The summed E-state index contributed by atoms with van der Waals surface area (Å²) >= 11 is 0. The third-order valence-electron chi connectivity index (χ3n) is 4.02. The Morgan fingerprint density at radius 1 is 1.41 bits per heavy atom. The van der Waals surface area contributed by atoms with E-state index in [9.17, 15) is 4.79 Å². The number of likely N-dealkylation sites (tertiary alicyclic amines) is 1. The van der Waals surface area contributed by atoms with Gasteiger partial charge in [0.15, 0.2) is 0 Å². The van der Waals surface area contributed by atoms with Gasteiger partial charge in [-0.25, -0.2) is 0 Å². The maximum atomic E-state index is 11.7. The largest absolute Gasteiger partial charge is 0.356 e. The van der Waals surface area contributed by atoms with Crippen LogP contribution in [0, 0.1) is 11.8 Å². The Labute approximate surface area is 104 Å². The van der Waals surface area contributed by atoms with E-state index in [1.54, 1.807) is 0 Å². The van der Waals surface area contributed by atoms with Crippen LogP contribution in [0.15, 0.2) is 0 Å². The van der Waals surface area contributed by atoms with E-state index in [-0.39, 0.29) is 5.91 Å². The summed E-state index contributed by atoms with van der Waals surface area (Å²) in [5, 5.41) is 6.39. The van der Waals surface area contributed by atoms with Crippen LogP contribution < -0.4 is 10.6 Å². The number of amides is 1. The molecular weight excluding hydrogens is 214 g/mol. The monoisotopic (exact) mass is 239 g/mol. The first-order valence-electron chi connectivity index (χ1n) is 6.90. The highest BCUT2D eigenvalue weighted by atomic mass is 16.1. The Balaban J connectivity index is 1.54. The zero-order valence-corrected chi connectivity index (χ0v) is 10.9. The van der Waals surface area contributed by atoms with Crippen LogP contribution in [0.2, 0.25) is 0 Å². The van der Waals surface area contributed by atoms with Gasteiger partial charge in [0.1, 0.15) is 0 Å². The SMILES string of the molecule is CN1CCC(CCC(=O)NCC2CCNC2)C1. The molecule has 2 unspecified atom stereocenters. The lowest BCUT2D eigenvalue weighted by Gasteiger charge is -2.12.